The average molecular weight is 685 g/mol. The van der Waals surface area contributed by atoms with E-state index < -0.39 is 46.0 Å². The lowest BCUT2D eigenvalue weighted by Crippen LogP contribution is -2.25. The molecule has 0 saturated carbocycles. The molecule has 0 spiro atoms. The van der Waals surface area contributed by atoms with Gasteiger partial charge >= 0.3 is 0 Å². The molecule has 0 saturated heterocycles. The maximum atomic E-state index is 14.7. The molecule has 4 aromatic carbocycles. The second-order valence-corrected chi connectivity index (χ2v) is 10.9. The fourth-order valence-corrected chi connectivity index (χ4v) is 5.38. The normalized spacial score (nSPS) is 13.7. The van der Waals surface area contributed by atoms with Crippen LogP contribution in [0.5, 0.6) is 0 Å². The third-order valence-electron chi connectivity index (χ3n) is 7.87. The van der Waals surface area contributed by atoms with Crippen molar-refractivity contribution in [3.8, 4) is 35.2 Å². The minimum atomic E-state index is -2.39. The van der Waals surface area contributed by atoms with Gasteiger partial charge in [-0.25, -0.2) is 61.9 Å². The van der Waals surface area contributed by atoms with Crippen LogP contribution in [0.3, 0.4) is 0 Å². The number of allylic oxidation sites excluding steroid dienone is 2. The molecule has 0 unspecified atom stereocenters. The van der Waals surface area contributed by atoms with Crippen molar-refractivity contribution >= 4 is 22.2 Å². The van der Waals surface area contributed by atoms with E-state index in [1.54, 1.807) is 43.3 Å². The first-order valence-corrected chi connectivity index (χ1v) is 14.7. The first-order chi connectivity index (χ1) is 24.7. The Morgan fingerprint density at radius 1 is 0.647 bits per heavy atom. The van der Waals surface area contributed by atoms with E-state index in [-0.39, 0.29) is 45.2 Å². The highest BCUT2D eigenvalue weighted by molar-refractivity contribution is 5.80. The molecule has 0 bridgehead atoms. The molecule has 0 radical (unpaired) electrons. The number of para-hydroxylation sites is 4. The van der Waals surface area contributed by atoms with Crippen molar-refractivity contribution in [2.24, 2.45) is 20.0 Å². The summed E-state index contributed by atoms with van der Waals surface area (Å²) in [4.78, 5) is 35.6. The number of nitriles is 2. The molecule has 4 heterocycles. The predicted octanol–water partition coefficient (Wildman–Crippen LogP) is 4.70. The standard InChI is InChI=1S/C35H13F5N10O/c1-14(30-43-18-6-2-3-7-19(18)44-30)31-48-32(50-34(49-31)35-46-20-8-4-5-9-22(20)51-35)15-10-11-21-29(16(15)12-41)47-33(45-21)17(13-42)23-24(36)26(38)28(40)27(39)25(23)37/h2-11H,1H3/b33-17+. The molecule has 51 heavy (non-hydrogen) atoms. The van der Waals surface area contributed by atoms with Crippen LogP contribution in [0.15, 0.2) is 96.7 Å². The molecule has 0 fully saturated rings. The number of halogens is 5. The van der Waals surface area contributed by atoms with Crippen LogP contribution in [0.25, 0.3) is 45.3 Å². The summed E-state index contributed by atoms with van der Waals surface area (Å²) in [5, 5.41) is 21.2. The Morgan fingerprint density at radius 3 is 1.94 bits per heavy atom. The molecular weight excluding hydrogens is 671 g/mol. The van der Waals surface area contributed by atoms with E-state index in [2.05, 4.69) is 39.9 Å². The number of rotatable bonds is 4. The van der Waals surface area contributed by atoms with Crippen molar-refractivity contribution in [3.05, 3.63) is 140 Å². The molecule has 2 aliphatic rings. The summed E-state index contributed by atoms with van der Waals surface area (Å²) in [5.74, 6) is -11.6. The number of fused-ring (bicyclic) bond motifs is 3. The van der Waals surface area contributed by atoms with Gasteiger partial charge in [0.05, 0.1) is 27.2 Å². The zero-order valence-electron chi connectivity index (χ0n) is 25.5. The zero-order chi connectivity index (χ0) is 35.6. The van der Waals surface area contributed by atoms with Gasteiger partial charge in [0.15, 0.2) is 52.1 Å². The fraction of sp³-hybridized carbons (Fsp3) is 0.0286. The zero-order valence-corrected chi connectivity index (χ0v) is 25.5. The van der Waals surface area contributed by atoms with E-state index in [1.807, 2.05) is 18.2 Å². The largest absolute Gasteiger partial charge is 0.434 e. The second-order valence-electron chi connectivity index (χ2n) is 10.9. The number of nitrogens with zero attached hydrogens (tertiary/aromatic N) is 10. The molecule has 0 aliphatic carbocycles. The van der Waals surface area contributed by atoms with Crippen molar-refractivity contribution in [2.45, 2.75) is 6.92 Å². The maximum Gasteiger partial charge on any atom is 0.266 e. The van der Waals surface area contributed by atoms with Gasteiger partial charge in [0.1, 0.15) is 28.6 Å². The Morgan fingerprint density at radius 2 is 1.27 bits per heavy atom. The van der Waals surface area contributed by atoms with Crippen molar-refractivity contribution in [3.63, 3.8) is 0 Å². The Balaban J connectivity index is 1.34. The highest BCUT2D eigenvalue weighted by Gasteiger charge is 2.30. The molecule has 0 amide bonds. The second kappa shape index (κ2) is 11.7. The van der Waals surface area contributed by atoms with Gasteiger partial charge < -0.3 is 4.42 Å². The highest BCUT2D eigenvalue weighted by atomic mass is 19.2. The minimum Gasteiger partial charge on any atom is -0.434 e. The number of hydrogen-bond donors (Lipinski definition) is 0. The van der Waals surface area contributed by atoms with Crippen LogP contribution in [-0.4, -0.2) is 19.9 Å². The quantitative estimate of drug-likeness (QED) is 0.113. The Bertz CT molecular complexity index is 2880. The van der Waals surface area contributed by atoms with Gasteiger partial charge in [-0.3, -0.25) is 0 Å². The SMILES string of the molecule is CC(=C1N=c2ccccc2=N1)c1nc(-c2nc3ccccc3o2)nc(-c2ccc3c(c2C#N)=N/C(=C(\C#N)c2c(F)c(F)c(F)c(F)c2F)N=3)n1. The monoisotopic (exact) mass is 684 g/mol. The molecule has 8 rings (SSSR count). The van der Waals surface area contributed by atoms with E-state index in [0.29, 0.717) is 33.2 Å². The number of oxazole rings is 1. The van der Waals surface area contributed by atoms with E-state index in [1.165, 1.54) is 18.2 Å². The summed E-state index contributed by atoms with van der Waals surface area (Å²) in [6, 6.07) is 20.4. The molecule has 2 aliphatic heterocycles. The summed E-state index contributed by atoms with van der Waals surface area (Å²) in [6.45, 7) is 1.70. The lowest BCUT2D eigenvalue weighted by Gasteiger charge is -2.08. The van der Waals surface area contributed by atoms with Crippen molar-refractivity contribution in [1.82, 2.24) is 19.9 Å². The summed E-state index contributed by atoms with van der Waals surface area (Å²) in [6.07, 6.45) is 0. The van der Waals surface area contributed by atoms with Crippen LogP contribution in [0.4, 0.5) is 22.0 Å². The maximum absolute atomic E-state index is 14.7. The molecule has 0 atom stereocenters. The topological polar surface area (TPSA) is 162 Å². The van der Waals surface area contributed by atoms with Gasteiger partial charge in [-0.05, 0) is 43.3 Å². The number of benzene rings is 4. The van der Waals surface area contributed by atoms with Crippen LogP contribution < -0.4 is 21.4 Å². The van der Waals surface area contributed by atoms with E-state index >= 15 is 0 Å². The Hall–Kier alpha value is -7.33. The summed E-state index contributed by atoms with van der Waals surface area (Å²) in [7, 11) is 0. The summed E-state index contributed by atoms with van der Waals surface area (Å²) < 4.78 is 77.1. The lowest BCUT2D eigenvalue weighted by atomic mass is 10.0. The molecule has 244 valence electrons. The van der Waals surface area contributed by atoms with Crippen molar-refractivity contribution in [1.29, 1.82) is 10.5 Å². The van der Waals surface area contributed by atoms with Crippen LogP contribution in [0.2, 0.25) is 0 Å². The van der Waals surface area contributed by atoms with Crippen LogP contribution in [0.1, 0.15) is 23.9 Å². The van der Waals surface area contributed by atoms with Gasteiger partial charge in [-0.15, -0.1) is 0 Å². The molecule has 2 aromatic heterocycles. The first kappa shape index (κ1) is 31.0. The van der Waals surface area contributed by atoms with Crippen molar-refractivity contribution < 1.29 is 26.4 Å². The fourth-order valence-electron chi connectivity index (χ4n) is 5.38. The van der Waals surface area contributed by atoms with Gasteiger partial charge in [0.2, 0.25) is 11.6 Å². The molecular formula is C35H13F5N10O. The number of hydrogen-bond acceptors (Lipinski definition) is 11. The lowest BCUT2D eigenvalue weighted by molar-refractivity contribution is 0.376. The van der Waals surface area contributed by atoms with E-state index in [0.717, 1.165) is 0 Å². The van der Waals surface area contributed by atoms with Gasteiger partial charge in [-0.2, -0.15) is 10.5 Å². The van der Waals surface area contributed by atoms with Gasteiger partial charge in [-0.1, -0.05) is 24.3 Å². The summed E-state index contributed by atoms with van der Waals surface area (Å²) >= 11 is 0. The third-order valence-corrected chi connectivity index (χ3v) is 7.87. The van der Waals surface area contributed by atoms with Gasteiger partial charge in [0, 0.05) is 11.1 Å². The van der Waals surface area contributed by atoms with Gasteiger partial charge in [0.25, 0.3) is 5.89 Å². The van der Waals surface area contributed by atoms with Crippen molar-refractivity contribution in [2.75, 3.05) is 0 Å². The molecule has 11 nitrogen and oxygen atoms in total. The molecule has 16 heteroatoms. The van der Waals surface area contributed by atoms with Crippen LogP contribution in [-0.2, 0) is 0 Å². The Labute approximate surface area is 280 Å². The first-order valence-electron chi connectivity index (χ1n) is 14.7. The molecule has 6 aromatic rings. The summed E-state index contributed by atoms with van der Waals surface area (Å²) in [5.41, 5.74) is -1.22. The third kappa shape index (κ3) is 4.93. The average Bonchev–Trinajstić information content (AvgIpc) is 3.91. The number of aromatic nitrogens is 4. The smallest absolute Gasteiger partial charge is 0.266 e. The van der Waals surface area contributed by atoms with E-state index in [4.69, 9.17) is 4.42 Å². The predicted molar refractivity (Wildman–Crippen MR) is 165 cm³/mol. The Kier molecular flexibility index (Phi) is 7.09. The van der Waals surface area contributed by atoms with E-state index in [9.17, 15) is 32.5 Å². The highest BCUT2D eigenvalue weighted by Crippen LogP contribution is 2.32. The van der Waals surface area contributed by atoms with Crippen LogP contribution in [0, 0.1) is 51.7 Å². The molecule has 0 N–H and O–H groups in total. The van der Waals surface area contributed by atoms with Crippen LogP contribution >= 0.6 is 0 Å². The minimum absolute atomic E-state index is 0.00802.